The topological polar surface area (TPSA) is 84.1 Å². The number of hydrogen-bond acceptors (Lipinski definition) is 5. The minimum absolute atomic E-state index is 0.0989. The first-order valence-electron chi connectivity index (χ1n) is 7.21. The number of carbonyl (C=O) groups excluding carboxylic acids is 2. The molecule has 2 aromatic carbocycles. The zero-order chi connectivity index (χ0) is 16.9. The second kappa shape index (κ2) is 7.18. The smallest absolute Gasteiger partial charge is 0.257 e. The third kappa shape index (κ3) is 3.75. The van der Waals surface area contributed by atoms with Gasteiger partial charge in [-0.2, -0.15) is 0 Å². The average molecular weight is 341 g/mol. The summed E-state index contributed by atoms with van der Waals surface area (Å²) in [5.74, 6) is -0.0608. The number of nitrogens with one attached hydrogen (secondary N) is 2. The minimum atomic E-state index is -0.437. The molecule has 0 radical (unpaired) electrons. The Balaban J connectivity index is 1.55. The molecule has 0 spiro atoms. The third-order valence-corrected chi connectivity index (χ3v) is 4.19. The molecule has 2 N–H and O–H groups in total. The molecule has 0 aliphatic heterocycles. The van der Waals surface area contributed by atoms with Crippen molar-refractivity contribution in [2.24, 2.45) is 0 Å². The molecule has 0 aliphatic carbocycles. The van der Waals surface area contributed by atoms with E-state index in [9.17, 15) is 9.59 Å². The van der Waals surface area contributed by atoms with Gasteiger partial charge in [0.1, 0.15) is 5.75 Å². The van der Waals surface area contributed by atoms with Crippen molar-refractivity contribution in [3.8, 4) is 5.75 Å². The number of aromatic amines is 1. The van der Waals surface area contributed by atoms with Crippen LogP contribution in [0.3, 0.4) is 0 Å². The van der Waals surface area contributed by atoms with Gasteiger partial charge in [0.2, 0.25) is 5.91 Å². The largest absolute Gasteiger partial charge is 0.497 e. The van der Waals surface area contributed by atoms with Gasteiger partial charge in [-0.05, 0) is 36.4 Å². The van der Waals surface area contributed by atoms with Gasteiger partial charge in [-0.1, -0.05) is 23.9 Å². The monoisotopic (exact) mass is 341 g/mol. The molecule has 122 valence electrons. The number of thioether (sulfide) groups is 1. The Labute approximate surface area is 142 Å². The number of imide groups is 1. The van der Waals surface area contributed by atoms with Crippen LogP contribution in [0.2, 0.25) is 0 Å². The summed E-state index contributed by atoms with van der Waals surface area (Å²) in [6, 6.07) is 14.2. The summed E-state index contributed by atoms with van der Waals surface area (Å²) in [4.78, 5) is 31.4. The molecule has 3 aromatic rings. The summed E-state index contributed by atoms with van der Waals surface area (Å²) in [5.41, 5.74) is 2.15. The van der Waals surface area contributed by atoms with Gasteiger partial charge in [0.05, 0.1) is 23.9 Å². The van der Waals surface area contributed by atoms with E-state index >= 15 is 0 Å². The molecule has 0 atom stereocenters. The lowest BCUT2D eigenvalue weighted by molar-refractivity contribution is -0.117. The minimum Gasteiger partial charge on any atom is -0.497 e. The number of para-hydroxylation sites is 2. The maximum atomic E-state index is 12.0. The van der Waals surface area contributed by atoms with Gasteiger partial charge in [0.15, 0.2) is 5.16 Å². The fraction of sp³-hybridized carbons (Fsp3) is 0.118. The number of aromatic nitrogens is 2. The Bertz CT molecular complexity index is 841. The van der Waals surface area contributed by atoms with E-state index in [0.717, 1.165) is 11.0 Å². The predicted molar refractivity (Wildman–Crippen MR) is 92.3 cm³/mol. The van der Waals surface area contributed by atoms with Crippen molar-refractivity contribution >= 4 is 34.6 Å². The van der Waals surface area contributed by atoms with Crippen molar-refractivity contribution in [1.29, 1.82) is 0 Å². The zero-order valence-electron chi connectivity index (χ0n) is 12.9. The van der Waals surface area contributed by atoms with E-state index in [4.69, 9.17) is 4.74 Å². The second-order valence-corrected chi connectivity index (χ2v) is 5.92. The average Bonchev–Trinajstić information content (AvgIpc) is 3.03. The fourth-order valence-electron chi connectivity index (χ4n) is 2.11. The van der Waals surface area contributed by atoms with E-state index in [0.29, 0.717) is 16.5 Å². The Morgan fingerprint density at radius 2 is 1.92 bits per heavy atom. The van der Waals surface area contributed by atoms with E-state index in [2.05, 4.69) is 15.3 Å². The molecule has 0 aliphatic rings. The first kappa shape index (κ1) is 16.1. The molecular formula is C17H15N3O3S. The number of carbonyl (C=O) groups is 2. The highest BCUT2D eigenvalue weighted by molar-refractivity contribution is 7.99. The van der Waals surface area contributed by atoms with Crippen molar-refractivity contribution in [1.82, 2.24) is 15.3 Å². The maximum absolute atomic E-state index is 12.0. The molecule has 1 heterocycles. The molecule has 7 heteroatoms. The lowest BCUT2D eigenvalue weighted by atomic mass is 10.2. The third-order valence-electron chi connectivity index (χ3n) is 3.31. The lowest BCUT2D eigenvalue weighted by Crippen LogP contribution is -2.31. The number of amides is 2. The summed E-state index contributed by atoms with van der Waals surface area (Å²) in [5, 5.41) is 3.00. The van der Waals surface area contributed by atoms with Crippen LogP contribution in [-0.2, 0) is 4.79 Å². The van der Waals surface area contributed by atoms with Crippen LogP contribution < -0.4 is 10.1 Å². The van der Waals surface area contributed by atoms with Gasteiger partial charge in [-0.15, -0.1) is 0 Å². The number of hydrogen-bond donors (Lipinski definition) is 2. The number of benzene rings is 2. The number of ether oxygens (including phenoxy) is 1. The second-order valence-electron chi connectivity index (χ2n) is 4.95. The number of H-pyrrole nitrogens is 1. The molecule has 0 saturated carbocycles. The van der Waals surface area contributed by atoms with Crippen LogP contribution in [-0.4, -0.2) is 34.6 Å². The first-order valence-corrected chi connectivity index (χ1v) is 8.20. The van der Waals surface area contributed by atoms with E-state index in [1.54, 1.807) is 31.4 Å². The van der Waals surface area contributed by atoms with Crippen molar-refractivity contribution in [3.05, 3.63) is 54.1 Å². The number of rotatable bonds is 5. The van der Waals surface area contributed by atoms with Crippen LogP contribution in [0.15, 0.2) is 53.7 Å². The standard InChI is InChI=1S/C17H15N3O3S/c1-23-12-8-6-11(7-9-12)16(22)20-15(21)10-24-17-18-13-4-2-3-5-14(13)19-17/h2-9H,10H2,1H3,(H,18,19)(H,20,21,22). The molecule has 0 fully saturated rings. The van der Waals surface area contributed by atoms with Crippen LogP contribution in [0, 0.1) is 0 Å². The molecule has 0 bridgehead atoms. The maximum Gasteiger partial charge on any atom is 0.257 e. The van der Waals surface area contributed by atoms with Crippen LogP contribution in [0.1, 0.15) is 10.4 Å². The van der Waals surface area contributed by atoms with Gasteiger partial charge in [0.25, 0.3) is 5.91 Å². The Morgan fingerprint density at radius 1 is 1.17 bits per heavy atom. The van der Waals surface area contributed by atoms with Gasteiger partial charge in [-0.25, -0.2) is 4.98 Å². The van der Waals surface area contributed by atoms with Gasteiger partial charge in [0, 0.05) is 5.56 Å². The first-order chi connectivity index (χ1) is 11.7. The van der Waals surface area contributed by atoms with Crippen LogP contribution in [0.25, 0.3) is 11.0 Å². The summed E-state index contributed by atoms with van der Waals surface area (Å²) in [7, 11) is 1.55. The van der Waals surface area contributed by atoms with Crippen LogP contribution >= 0.6 is 11.8 Å². The summed E-state index contributed by atoms with van der Waals surface area (Å²) >= 11 is 1.25. The van der Waals surface area contributed by atoms with Crippen molar-refractivity contribution in [3.63, 3.8) is 0 Å². The highest BCUT2D eigenvalue weighted by Crippen LogP contribution is 2.19. The molecular weight excluding hydrogens is 326 g/mol. The number of methoxy groups -OCH3 is 1. The Morgan fingerprint density at radius 3 is 2.62 bits per heavy atom. The molecule has 0 unspecified atom stereocenters. The fourth-order valence-corrected chi connectivity index (χ4v) is 2.79. The van der Waals surface area contributed by atoms with Gasteiger partial charge in [-0.3, -0.25) is 14.9 Å². The zero-order valence-corrected chi connectivity index (χ0v) is 13.7. The normalized spacial score (nSPS) is 10.5. The lowest BCUT2D eigenvalue weighted by Gasteiger charge is -2.04. The summed E-state index contributed by atoms with van der Waals surface area (Å²) in [6.45, 7) is 0. The van der Waals surface area contributed by atoms with E-state index in [1.807, 2.05) is 24.3 Å². The van der Waals surface area contributed by atoms with Crippen LogP contribution in [0.4, 0.5) is 0 Å². The highest BCUT2D eigenvalue weighted by atomic mass is 32.2. The summed E-state index contributed by atoms with van der Waals surface area (Å²) in [6.07, 6.45) is 0. The highest BCUT2D eigenvalue weighted by Gasteiger charge is 2.12. The number of fused-ring (bicyclic) bond motifs is 1. The van der Waals surface area contributed by atoms with Gasteiger partial charge >= 0.3 is 0 Å². The van der Waals surface area contributed by atoms with Crippen molar-refractivity contribution < 1.29 is 14.3 Å². The van der Waals surface area contributed by atoms with E-state index < -0.39 is 5.91 Å². The van der Waals surface area contributed by atoms with Crippen molar-refractivity contribution in [2.75, 3.05) is 12.9 Å². The predicted octanol–water partition coefficient (Wildman–Crippen LogP) is 2.62. The van der Waals surface area contributed by atoms with Crippen molar-refractivity contribution in [2.45, 2.75) is 5.16 Å². The molecule has 2 amide bonds. The molecule has 0 saturated heterocycles. The molecule has 3 rings (SSSR count). The van der Waals surface area contributed by atoms with Crippen LogP contribution in [0.5, 0.6) is 5.75 Å². The SMILES string of the molecule is COc1ccc(C(=O)NC(=O)CSc2nc3ccccc3[nH]2)cc1. The van der Waals surface area contributed by atoms with E-state index in [1.165, 1.54) is 11.8 Å². The molecule has 24 heavy (non-hydrogen) atoms. The summed E-state index contributed by atoms with van der Waals surface area (Å²) < 4.78 is 5.03. The van der Waals surface area contributed by atoms with Gasteiger partial charge < -0.3 is 9.72 Å². The molecule has 6 nitrogen and oxygen atoms in total. The van der Waals surface area contributed by atoms with E-state index in [-0.39, 0.29) is 11.7 Å². The Kier molecular flexibility index (Phi) is 4.81. The quantitative estimate of drug-likeness (QED) is 0.697. The Hall–Kier alpha value is -2.80. The molecule has 1 aromatic heterocycles. The number of nitrogens with zero attached hydrogens (tertiary/aromatic N) is 1. The number of imidazole rings is 1.